The molecular formula is C26H26Cl2N6O5S. The molecular weight excluding hydrogens is 579 g/mol. The predicted molar refractivity (Wildman–Crippen MR) is 152 cm³/mol. The van der Waals surface area contributed by atoms with E-state index in [9.17, 15) is 18.4 Å². The number of halogens is 2. The van der Waals surface area contributed by atoms with Crippen LogP contribution >= 0.6 is 23.2 Å². The Bertz CT molecular complexity index is 1490. The molecule has 3 heterocycles. The SMILES string of the molecule is Cc1cc(Cl)cc(C(=O)N(C)C2CC2)c1NC(=O)C1=CC=C(OS(=O)O)N(C2=NNCC2c2ncccc2Cl)C1. The number of aryl methyl sites for hydroxylation is 1. The molecule has 11 nitrogen and oxygen atoms in total. The lowest BCUT2D eigenvalue weighted by atomic mass is 10.0. The van der Waals surface area contributed by atoms with Crippen LogP contribution in [0.3, 0.4) is 0 Å². The number of aromatic nitrogens is 1. The van der Waals surface area contributed by atoms with Crippen molar-refractivity contribution in [3.63, 3.8) is 0 Å². The number of nitrogens with zero attached hydrogens (tertiary/aromatic N) is 4. The molecule has 0 bridgehead atoms. The van der Waals surface area contributed by atoms with Gasteiger partial charge in [-0.2, -0.15) is 9.31 Å². The van der Waals surface area contributed by atoms with Gasteiger partial charge in [0.1, 0.15) is 5.84 Å². The average molecular weight is 606 g/mol. The summed E-state index contributed by atoms with van der Waals surface area (Å²) in [6.07, 6.45) is 6.38. The van der Waals surface area contributed by atoms with Gasteiger partial charge in [0, 0.05) is 42.5 Å². The summed E-state index contributed by atoms with van der Waals surface area (Å²) < 4.78 is 26.1. The molecule has 2 amide bonds. The summed E-state index contributed by atoms with van der Waals surface area (Å²) in [6.45, 7) is 2.08. The molecule has 2 unspecified atom stereocenters. The number of hydrazone groups is 1. The molecule has 2 aliphatic heterocycles. The lowest BCUT2D eigenvalue weighted by Gasteiger charge is -2.30. The van der Waals surface area contributed by atoms with Gasteiger partial charge < -0.3 is 19.8 Å². The van der Waals surface area contributed by atoms with Crippen molar-refractivity contribution in [2.45, 2.75) is 31.7 Å². The van der Waals surface area contributed by atoms with Crippen molar-refractivity contribution in [2.24, 2.45) is 5.10 Å². The first-order valence-electron chi connectivity index (χ1n) is 12.4. The number of carbonyl (C=O) groups excluding carboxylic acids is 2. The van der Waals surface area contributed by atoms with Crippen LogP contribution in [0, 0.1) is 6.92 Å². The van der Waals surface area contributed by atoms with Crippen LogP contribution in [0.2, 0.25) is 10.0 Å². The van der Waals surface area contributed by atoms with Crippen LogP contribution in [0.25, 0.3) is 0 Å². The molecule has 0 saturated heterocycles. The minimum atomic E-state index is -2.63. The Hall–Kier alpha value is -3.45. The standard InChI is InChI=1S/C26H26Cl2N6O5S/c1-14-10-16(27)11-18(26(36)33(2)17-6-7-17)22(14)31-25(35)15-5-8-21(39-40(37)38)34(13-15)24-19(12-30-32-24)23-20(28)4-3-9-29-23/h3-5,8-11,17,19,30H,6-7,12-13H2,1-2H3,(H,31,35)(H,37,38). The van der Waals surface area contributed by atoms with E-state index >= 15 is 0 Å². The van der Waals surface area contributed by atoms with E-state index in [2.05, 4.69) is 20.8 Å². The molecule has 5 rings (SSSR count). The number of allylic oxidation sites excluding steroid dienone is 2. The van der Waals surface area contributed by atoms with Crippen LogP contribution in [-0.4, -0.2) is 67.4 Å². The zero-order chi connectivity index (χ0) is 28.6. The first-order valence-corrected chi connectivity index (χ1v) is 14.2. The van der Waals surface area contributed by atoms with Crippen molar-refractivity contribution in [1.29, 1.82) is 0 Å². The Balaban J connectivity index is 1.43. The number of pyridine rings is 1. The summed E-state index contributed by atoms with van der Waals surface area (Å²) in [4.78, 5) is 34.4. The topological polar surface area (TPSA) is 136 Å². The smallest absolute Gasteiger partial charge is 0.359 e. The van der Waals surface area contributed by atoms with Crippen molar-refractivity contribution in [1.82, 2.24) is 20.2 Å². The lowest BCUT2D eigenvalue weighted by Crippen LogP contribution is -2.40. The molecule has 1 aliphatic carbocycles. The molecule has 40 heavy (non-hydrogen) atoms. The molecule has 3 N–H and O–H groups in total. The third-order valence-corrected chi connectivity index (χ3v) is 7.70. The number of rotatable bonds is 7. The Labute approximate surface area is 243 Å². The maximum Gasteiger partial charge on any atom is 0.359 e. The normalized spacial score (nSPS) is 19.2. The highest BCUT2D eigenvalue weighted by atomic mass is 35.5. The van der Waals surface area contributed by atoms with E-state index in [1.54, 1.807) is 49.3 Å². The third kappa shape index (κ3) is 5.85. The molecule has 0 radical (unpaired) electrons. The van der Waals surface area contributed by atoms with Gasteiger partial charge in [-0.25, -0.2) is 0 Å². The highest BCUT2D eigenvalue weighted by molar-refractivity contribution is 7.74. The zero-order valence-electron chi connectivity index (χ0n) is 21.6. The summed E-state index contributed by atoms with van der Waals surface area (Å²) in [6, 6.07) is 6.82. The van der Waals surface area contributed by atoms with Crippen molar-refractivity contribution in [3.05, 3.63) is 80.9 Å². The fourth-order valence-electron chi connectivity index (χ4n) is 4.65. The van der Waals surface area contributed by atoms with Gasteiger partial charge in [-0.15, -0.1) is 0 Å². The molecule has 1 fully saturated rings. The molecule has 1 saturated carbocycles. The van der Waals surface area contributed by atoms with Gasteiger partial charge in [-0.1, -0.05) is 23.2 Å². The van der Waals surface area contributed by atoms with E-state index < -0.39 is 23.2 Å². The highest BCUT2D eigenvalue weighted by Gasteiger charge is 2.36. The largest absolute Gasteiger partial charge is 0.361 e. The Morgan fingerprint density at radius 1 is 1.27 bits per heavy atom. The van der Waals surface area contributed by atoms with Gasteiger partial charge in [0.25, 0.3) is 11.8 Å². The minimum absolute atomic E-state index is 0.0153. The first-order chi connectivity index (χ1) is 19.1. The molecule has 0 spiro atoms. The predicted octanol–water partition coefficient (Wildman–Crippen LogP) is 3.81. The lowest BCUT2D eigenvalue weighted by molar-refractivity contribution is -0.113. The molecule has 1 aromatic carbocycles. The summed E-state index contributed by atoms with van der Waals surface area (Å²) in [5.74, 6) is -0.708. The van der Waals surface area contributed by atoms with E-state index in [0.717, 1.165) is 12.8 Å². The number of hydrogen-bond donors (Lipinski definition) is 3. The molecule has 2 aromatic rings. The van der Waals surface area contributed by atoms with Gasteiger partial charge >= 0.3 is 11.4 Å². The second kappa shape index (κ2) is 11.6. The molecule has 14 heteroatoms. The Kier molecular flexibility index (Phi) is 8.13. The average Bonchev–Trinajstić information content (AvgIpc) is 3.66. The number of amidine groups is 1. The summed E-state index contributed by atoms with van der Waals surface area (Å²) in [5.41, 5.74) is 5.05. The van der Waals surface area contributed by atoms with Crippen molar-refractivity contribution in [2.75, 3.05) is 25.5 Å². The first kappa shape index (κ1) is 28.1. The van der Waals surface area contributed by atoms with Gasteiger partial charge in [-0.3, -0.25) is 24.0 Å². The van der Waals surface area contributed by atoms with E-state index in [0.29, 0.717) is 50.5 Å². The molecule has 3 aliphatic rings. The fraction of sp³-hybridized carbons (Fsp3) is 0.308. The Morgan fingerprint density at radius 3 is 2.75 bits per heavy atom. The van der Waals surface area contributed by atoms with Crippen molar-refractivity contribution >= 4 is 57.9 Å². The maximum atomic E-state index is 13.6. The van der Waals surface area contributed by atoms with Gasteiger partial charge in [0.15, 0.2) is 0 Å². The monoisotopic (exact) mass is 604 g/mol. The summed E-state index contributed by atoms with van der Waals surface area (Å²) in [5, 5.41) is 8.06. The van der Waals surface area contributed by atoms with Gasteiger partial charge in [0.2, 0.25) is 5.88 Å². The second-order valence-electron chi connectivity index (χ2n) is 9.59. The number of benzene rings is 1. The maximum absolute atomic E-state index is 13.6. The van der Waals surface area contributed by atoms with Gasteiger partial charge in [-0.05, 0) is 55.7 Å². The van der Waals surface area contributed by atoms with E-state index in [4.69, 9.17) is 27.4 Å². The number of carbonyl (C=O) groups is 2. The van der Waals surface area contributed by atoms with Gasteiger partial charge in [0.05, 0.1) is 34.4 Å². The van der Waals surface area contributed by atoms with E-state index in [1.807, 2.05) is 0 Å². The fourth-order valence-corrected chi connectivity index (χ4v) is 5.47. The highest BCUT2D eigenvalue weighted by Crippen LogP contribution is 2.33. The summed E-state index contributed by atoms with van der Waals surface area (Å²) in [7, 11) is 1.74. The van der Waals surface area contributed by atoms with Crippen LogP contribution in [-0.2, 0) is 20.3 Å². The van der Waals surface area contributed by atoms with Crippen molar-refractivity contribution < 1.29 is 22.5 Å². The van der Waals surface area contributed by atoms with Crippen LogP contribution < -0.4 is 10.7 Å². The van der Waals surface area contributed by atoms with Crippen LogP contribution in [0.4, 0.5) is 5.69 Å². The van der Waals surface area contributed by atoms with Crippen LogP contribution in [0.1, 0.15) is 40.4 Å². The van der Waals surface area contributed by atoms with Crippen LogP contribution in [0.5, 0.6) is 0 Å². The molecule has 2 atom stereocenters. The van der Waals surface area contributed by atoms with Crippen molar-refractivity contribution in [3.8, 4) is 0 Å². The number of nitrogens with one attached hydrogen (secondary N) is 2. The quantitative estimate of drug-likeness (QED) is 0.406. The molecule has 210 valence electrons. The number of amides is 2. The second-order valence-corrected chi connectivity index (χ2v) is 11.0. The van der Waals surface area contributed by atoms with E-state index in [-0.39, 0.29) is 24.4 Å². The molecule has 1 aromatic heterocycles. The van der Waals surface area contributed by atoms with E-state index in [1.165, 1.54) is 17.1 Å². The Morgan fingerprint density at radius 2 is 2.05 bits per heavy atom. The zero-order valence-corrected chi connectivity index (χ0v) is 23.9. The third-order valence-electron chi connectivity index (χ3n) is 6.85. The number of anilines is 1. The number of hydrogen-bond acceptors (Lipinski definition) is 8. The summed E-state index contributed by atoms with van der Waals surface area (Å²) >= 11 is 10.0. The minimum Gasteiger partial charge on any atom is -0.361 e. The van der Waals surface area contributed by atoms with Crippen LogP contribution in [0.15, 0.2) is 59.2 Å².